The lowest BCUT2D eigenvalue weighted by Crippen LogP contribution is -2.39. The molecule has 4 rings (SSSR count). The van der Waals surface area contributed by atoms with Crippen molar-refractivity contribution in [2.45, 2.75) is 18.9 Å². The van der Waals surface area contributed by atoms with Gasteiger partial charge in [0.25, 0.3) is 5.91 Å². The van der Waals surface area contributed by atoms with E-state index in [-0.39, 0.29) is 23.8 Å². The molecular weight excluding hydrogens is 382 g/mol. The number of methoxy groups -OCH3 is 1. The Balaban J connectivity index is 1.58. The summed E-state index contributed by atoms with van der Waals surface area (Å²) in [5, 5.41) is 10.3. The molecule has 154 valence electrons. The van der Waals surface area contributed by atoms with Gasteiger partial charge in [0.15, 0.2) is 5.82 Å². The van der Waals surface area contributed by atoms with Crippen LogP contribution in [0.5, 0.6) is 5.75 Å². The molecule has 0 saturated carbocycles. The van der Waals surface area contributed by atoms with E-state index in [0.717, 1.165) is 5.56 Å². The number of aromatic nitrogens is 3. The zero-order valence-electron chi connectivity index (χ0n) is 16.8. The maximum absolute atomic E-state index is 13.1. The van der Waals surface area contributed by atoms with Crippen molar-refractivity contribution in [1.82, 2.24) is 25.4 Å². The number of amides is 2. The van der Waals surface area contributed by atoms with Crippen LogP contribution < -0.4 is 10.1 Å². The summed E-state index contributed by atoms with van der Waals surface area (Å²) in [6.07, 6.45) is 0. The molecule has 0 spiro atoms. The molecule has 2 aromatic carbocycles. The van der Waals surface area contributed by atoms with Crippen LogP contribution in [0.1, 0.15) is 29.0 Å². The van der Waals surface area contributed by atoms with E-state index in [9.17, 15) is 9.59 Å². The van der Waals surface area contributed by atoms with Crippen LogP contribution in [-0.2, 0) is 4.79 Å². The van der Waals surface area contributed by atoms with Crippen molar-refractivity contribution in [2.24, 2.45) is 0 Å². The van der Waals surface area contributed by atoms with Crippen molar-refractivity contribution in [2.75, 3.05) is 20.2 Å². The van der Waals surface area contributed by atoms with Gasteiger partial charge in [-0.2, -0.15) is 5.10 Å². The Labute approximate surface area is 174 Å². The van der Waals surface area contributed by atoms with Gasteiger partial charge in [0.05, 0.1) is 19.1 Å². The lowest BCUT2D eigenvalue weighted by molar-refractivity contribution is -0.119. The molecule has 3 aromatic rings. The maximum Gasteiger partial charge on any atom is 0.254 e. The minimum Gasteiger partial charge on any atom is -0.497 e. The molecule has 2 N–H and O–H groups in total. The average molecular weight is 405 g/mol. The Morgan fingerprint density at radius 1 is 1.13 bits per heavy atom. The highest BCUT2D eigenvalue weighted by Crippen LogP contribution is 2.28. The Kier molecular flexibility index (Phi) is 5.47. The summed E-state index contributed by atoms with van der Waals surface area (Å²) in [7, 11) is 1.57. The van der Waals surface area contributed by atoms with Crippen LogP contribution in [0.15, 0.2) is 54.6 Å². The minimum absolute atomic E-state index is 0.116. The van der Waals surface area contributed by atoms with Crippen molar-refractivity contribution < 1.29 is 14.3 Å². The number of ether oxygens (including phenoxy) is 1. The van der Waals surface area contributed by atoms with E-state index < -0.39 is 0 Å². The highest BCUT2D eigenvalue weighted by molar-refractivity contribution is 5.95. The molecule has 1 aromatic heterocycles. The number of nitrogens with one attached hydrogen (secondary N) is 2. The van der Waals surface area contributed by atoms with Crippen molar-refractivity contribution in [3.05, 3.63) is 66.0 Å². The predicted molar refractivity (Wildman–Crippen MR) is 111 cm³/mol. The zero-order valence-corrected chi connectivity index (χ0v) is 16.8. The van der Waals surface area contributed by atoms with Crippen LogP contribution in [0.25, 0.3) is 11.4 Å². The van der Waals surface area contributed by atoms with Gasteiger partial charge in [0, 0.05) is 31.1 Å². The van der Waals surface area contributed by atoms with E-state index in [1.807, 2.05) is 30.3 Å². The molecule has 1 saturated heterocycles. The third-order valence-electron chi connectivity index (χ3n) is 5.20. The number of nitrogens with zero attached hydrogens (tertiary/aromatic N) is 3. The number of rotatable bonds is 5. The van der Waals surface area contributed by atoms with Crippen LogP contribution in [0.3, 0.4) is 0 Å². The second kappa shape index (κ2) is 8.36. The first-order valence-electron chi connectivity index (χ1n) is 9.73. The van der Waals surface area contributed by atoms with Gasteiger partial charge in [0.2, 0.25) is 5.91 Å². The summed E-state index contributed by atoms with van der Waals surface area (Å²) in [5.41, 5.74) is 1.44. The van der Waals surface area contributed by atoms with Gasteiger partial charge in [0.1, 0.15) is 11.6 Å². The monoisotopic (exact) mass is 405 g/mol. The molecule has 2 atom stereocenters. The molecule has 2 heterocycles. The fourth-order valence-electron chi connectivity index (χ4n) is 3.75. The molecule has 0 aliphatic carbocycles. The SMILES string of the molecule is COc1cccc(C(=O)N2CC(NC(C)=O)C(c3nc(-c4ccccc4)n[nH]3)C2)c1. The molecule has 2 amide bonds. The van der Waals surface area contributed by atoms with Crippen molar-refractivity contribution in [1.29, 1.82) is 0 Å². The van der Waals surface area contributed by atoms with E-state index >= 15 is 0 Å². The first-order chi connectivity index (χ1) is 14.5. The van der Waals surface area contributed by atoms with Crippen LogP contribution in [0.2, 0.25) is 0 Å². The topological polar surface area (TPSA) is 100 Å². The highest BCUT2D eigenvalue weighted by Gasteiger charge is 2.39. The van der Waals surface area contributed by atoms with Crippen LogP contribution in [-0.4, -0.2) is 58.1 Å². The first kappa shape index (κ1) is 19.6. The number of carbonyl (C=O) groups is 2. The molecule has 8 heteroatoms. The molecule has 1 fully saturated rings. The van der Waals surface area contributed by atoms with E-state index in [4.69, 9.17) is 4.74 Å². The molecule has 2 unspecified atom stereocenters. The van der Waals surface area contributed by atoms with Crippen LogP contribution in [0.4, 0.5) is 0 Å². The van der Waals surface area contributed by atoms with E-state index in [2.05, 4.69) is 20.5 Å². The van der Waals surface area contributed by atoms with E-state index in [0.29, 0.717) is 36.1 Å². The fourth-order valence-corrected chi connectivity index (χ4v) is 3.75. The summed E-state index contributed by atoms with van der Waals surface area (Å²) < 4.78 is 5.23. The summed E-state index contributed by atoms with van der Waals surface area (Å²) in [5.74, 6) is 1.41. The molecule has 1 aliphatic rings. The van der Waals surface area contributed by atoms with Gasteiger partial charge in [-0.15, -0.1) is 0 Å². The van der Waals surface area contributed by atoms with Crippen LogP contribution >= 0.6 is 0 Å². The fraction of sp³-hybridized carbons (Fsp3) is 0.273. The molecule has 8 nitrogen and oxygen atoms in total. The largest absolute Gasteiger partial charge is 0.497 e. The molecule has 0 radical (unpaired) electrons. The van der Waals surface area contributed by atoms with Crippen LogP contribution in [0, 0.1) is 0 Å². The molecule has 0 bridgehead atoms. The van der Waals surface area contributed by atoms with Gasteiger partial charge in [-0.05, 0) is 18.2 Å². The number of hydrogen-bond acceptors (Lipinski definition) is 5. The third-order valence-corrected chi connectivity index (χ3v) is 5.20. The minimum atomic E-state index is -0.256. The number of carbonyl (C=O) groups excluding carboxylic acids is 2. The molecule has 30 heavy (non-hydrogen) atoms. The predicted octanol–water partition coefficient (Wildman–Crippen LogP) is 2.22. The lowest BCUT2D eigenvalue weighted by atomic mass is 10.0. The van der Waals surface area contributed by atoms with Gasteiger partial charge in [-0.25, -0.2) is 4.98 Å². The number of hydrogen-bond donors (Lipinski definition) is 2. The smallest absolute Gasteiger partial charge is 0.254 e. The first-order valence-corrected chi connectivity index (χ1v) is 9.73. The van der Waals surface area contributed by atoms with Gasteiger partial charge in [-0.1, -0.05) is 36.4 Å². The normalized spacial score (nSPS) is 18.3. The Morgan fingerprint density at radius 2 is 1.93 bits per heavy atom. The number of aromatic amines is 1. The van der Waals surface area contributed by atoms with Crippen molar-refractivity contribution >= 4 is 11.8 Å². The van der Waals surface area contributed by atoms with Crippen molar-refractivity contribution in [3.63, 3.8) is 0 Å². The summed E-state index contributed by atoms with van der Waals surface area (Å²) in [6, 6.07) is 16.5. The van der Waals surface area contributed by atoms with E-state index in [1.165, 1.54) is 6.92 Å². The Morgan fingerprint density at radius 3 is 2.67 bits per heavy atom. The van der Waals surface area contributed by atoms with Crippen molar-refractivity contribution in [3.8, 4) is 17.1 Å². The lowest BCUT2D eigenvalue weighted by Gasteiger charge is -2.17. The number of likely N-dealkylation sites (tertiary alicyclic amines) is 1. The number of benzene rings is 2. The quantitative estimate of drug-likeness (QED) is 0.678. The summed E-state index contributed by atoms with van der Waals surface area (Å²) in [4.78, 5) is 31.2. The summed E-state index contributed by atoms with van der Waals surface area (Å²) >= 11 is 0. The van der Waals surface area contributed by atoms with Gasteiger partial charge < -0.3 is 15.0 Å². The highest BCUT2D eigenvalue weighted by atomic mass is 16.5. The third kappa shape index (κ3) is 4.03. The van der Waals surface area contributed by atoms with E-state index in [1.54, 1.807) is 36.3 Å². The maximum atomic E-state index is 13.1. The molecular formula is C22H23N5O3. The Hall–Kier alpha value is -3.68. The second-order valence-corrected chi connectivity index (χ2v) is 7.27. The average Bonchev–Trinajstić information content (AvgIpc) is 3.41. The zero-order chi connectivity index (χ0) is 21.1. The number of H-pyrrole nitrogens is 1. The standard InChI is InChI=1S/C22H23N5O3/c1-14(28)23-19-13-27(22(29)16-9-6-10-17(11-16)30-2)12-18(19)21-24-20(25-26-21)15-7-4-3-5-8-15/h3-11,18-19H,12-13H2,1-2H3,(H,23,28)(H,24,25,26). The van der Waals surface area contributed by atoms with Gasteiger partial charge in [-0.3, -0.25) is 14.7 Å². The Bertz CT molecular complexity index is 1050. The second-order valence-electron chi connectivity index (χ2n) is 7.27. The molecule has 1 aliphatic heterocycles. The summed E-state index contributed by atoms with van der Waals surface area (Å²) in [6.45, 7) is 2.28. The van der Waals surface area contributed by atoms with Gasteiger partial charge >= 0.3 is 0 Å².